The van der Waals surface area contributed by atoms with E-state index in [0.29, 0.717) is 0 Å². The molecule has 15 heavy (non-hydrogen) atoms. The van der Waals surface area contributed by atoms with Crippen LogP contribution < -0.4 is 4.57 Å². The molecule has 3 heteroatoms. The first-order valence-corrected chi connectivity index (χ1v) is 5.43. The highest BCUT2D eigenvalue weighted by Crippen LogP contribution is 2.15. The summed E-state index contributed by atoms with van der Waals surface area (Å²) in [6.45, 7) is 0. The van der Waals surface area contributed by atoms with Gasteiger partial charge in [-0.3, -0.25) is 0 Å². The summed E-state index contributed by atoms with van der Waals surface area (Å²) in [5.41, 5.74) is 1.13. The highest BCUT2D eigenvalue weighted by Gasteiger charge is 2.00. The van der Waals surface area contributed by atoms with Gasteiger partial charge in [-0.1, -0.05) is 0 Å². The van der Waals surface area contributed by atoms with Crippen molar-refractivity contribution in [2.24, 2.45) is 7.05 Å². The predicted octanol–water partition coefficient (Wildman–Crippen LogP) is 3.04. The van der Waals surface area contributed by atoms with E-state index in [1.54, 1.807) is 0 Å². The third-order valence-electron chi connectivity index (χ3n) is 2.11. The second kappa shape index (κ2) is 4.45. The first kappa shape index (κ1) is 10.2. The van der Waals surface area contributed by atoms with Crippen LogP contribution in [0.3, 0.4) is 0 Å². The largest absolute Gasteiger partial charge is 0.450 e. The Balaban J connectivity index is 2.22. The van der Waals surface area contributed by atoms with Crippen molar-refractivity contribution < 1.29 is 8.98 Å². The summed E-state index contributed by atoms with van der Waals surface area (Å²) >= 11 is 3.27. The summed E-state index contributed by atoms with van der Waals surface area (Å²) in [6, 6.07) is 9.86. The summed E-state index contributed by atoms with van der Waals surface area (Å²) in [5.74, 6) is 0.839. The maximum Gasteiger partial charge on any atom is 0.205 e. The number of pyridine rings is 1. The SMILES string of the molecule is C[n+]1ccccc1/C=C/c1ccc(Br)o1. The van der Waals surface area contributed by atoms with E-state index >= 15 is 0 Å². The Morgan fingerprint density at radius 3 is 2.73 bits per heavy atom. The molecule has 0 atom stereocenters. The van der Waals surface area contributed by atoms with Gasteiger partial charge in [-0.25, -0.2) is 4.57 Å². The monoisotopic (exact) mass is 264 g/mol. The maximum absolute atomic E-state index is 5.37. The molecule has 0 aromatic carbocycles. The van der Waals surface area contributed by atoms with Crippen LogP contribution in [0.15, 0.2) is 45.6 Å². The number of hydrogen-bond acceptors (Lipinski definition) is 1. The van der Waals surface area contributed by atoms with Crippen molar-refractivity contribution in [2.45, 2.75) is 0 Å². The average molecular weight is 265 g/mol. The van der Waals surface area contributed by atoms with Crippen LogP contribution in [0.5, 0.6) is 0 Å². The summed E-state index contributed by atoms with van der Waals surface area (Å²) in [4.78, 5) is 0. The smallest absolute Gasteiger partial charge is 0.205 e. The molecule has 0 bridgehead atoms. The Morgan fingerprint density at radius 2 is 2.07 bits per heavy atom. The molecule has 0 aliphatic carbocycles. The lowest BCUT2D eigenvalue weighted by Gasteiger charge is -1.91. The Hall–Kier alpha value is -1.35. The highest BCUT2D eigenvalue weighted by molar-refractivity contribution is 9.10. The van der Waals surface area contributed by atoms with Crippen LogP contribution in [-0.2, 0) is 7.05 Å². The summed E-state index contributed by atoms with van der Waals surface area (Å²) in [5, 5.41) is 0. The maximum atomic E-state index is 5.37. The van der Waals surface area contributed by atoms with Crippen molar-refractivity contribution in [3.63, 3.8) is 0 Å². The third-order valence-corrected chi connectivity index (χ3v) is 2.53. The van der Waals surface area contributed by atoms with Gasteiger partial charge < -0.3 is 4.42 Å². The third kappa shape index (κ3) is 2.57. The zero-order chi connectivity index (χ0) is 10.7. The molecule has 2 nitrogen and oxygen atoms in total. The minimum absolute atomic E-state index is 0.750. The topological polar surface area (TPSA) is 17.0 Å². The van der Waals surface area contributed by atoms with Crippen molar-refractivity contribution in [3.05, 3.63) is 52.7 Å². The van der Waals surface area contributed by atoms with Gasteiger partial charge in [-0.05, 0) is 40.2 Å². The molecule has 0 aliphatic rings. The van der Waals surface area contributed by atoms with E-state index in [2.05, 4.69) is 26.6 Å². The molecule has 0 saturated heterocycles. The minimum atomic E-state index is 0.750. The van der Waals surface area contributed by atoms with Crippen LogP contribution in [0.2, 0.25) is 0 Å². The fraction of sp³-hybridized carbons (Fsp3) is 0.0833. The summed E-state index contributed by atoms with van der Waals surface area (Å²) < 4.78 is 8.17. The Labute approximate surface area is 97.0 Å². The zero-order valence-electron chi connectivity index (χ0n) is 8.35. The van der Waals surface area contributed by atoms with Crippen molar-refractivity contribution in [3.8, 4) is 0 Å². The molecule has 0 amide bonds. The fourth-order valence-corrected chi connectivity index (χ4v) is 1.61. The Morgan fingerprint density at radius 1 is 1.20 bits per heavy atom. The molecular formula is C12H11BrNO+. The zero-order valence-corrected chi connectivity index (χ0v) is 9.94. The van der Waals surface area contributed by atoms with Gasteiger partial charge in [0.2, 0.25) is 5.69 Å². The standard InChI is InChI=1S/C12H11BrNO/c1-14-9-3-2-4-10(14)5-6-11-7-8-12(13)15-11/h2-9H,1H3/q+1/b6-5+. The molecule has 2 aromatic heterocycles. The number of furan rings is 1. The number of aryl methyl sites for hydroxylation is 1. The molecule has 0 saturated carbocycles. The quantitative estimate of drug-likeness (QED) is 0.763. The lowest BCUT2D eigenvalue weighted by molar-refractivity contribution is -0.673. The van der Waals surface area contributed by atoms with Gasteiger partial charge in [0.15, 0.2) is 10.9 Å². The summed E-state index contributed by atoms with van der Waals surface area (Å²) in [6.07, 6.45) is 5.98. The lowest BCUT2D eigenvalue weighted by Crippen LogP contribution is -2.30. The van der Waals surface area contributed by atoms with Gasteiger partial charge in [0.25, 0.3) is 0 Å². The average Bonchev–Trinajstić information content (AvgIpc) is 2.63. The molecule has 2 rings (SSSR count). The predicted molar refractivity (Wildman–Crippen MR) is 63.0 cm³/mol. The lowest BCUT2D eigenvalue weighted by atomic mass is 10.3. The molecule has 0 radical (unpaired) electrons. The highest BCUT2D eigenvalue weighted by atomic mass is 79.9. The van der Waals surface area contributed by atoms with E-state index in [1.165, 1.54) is 0 Å². The molecule has 76 valence electrons. The van der Waals surface area contributed by atoms with Crippen LogP contribution in [0.4, 0.5) is 0 Å². The van der Waals surface area contributed by atoms with E-state index in [4.69, 9.17) is 4.42 Å². The minimum Gasteiger partial charge on any atom is -0.450 e. The van der Waals surface area contributed by atoms with E-state index < -0.39 is 0 Å². The van der Waals surface area contributed by atoms with Crippen molar-refractivity contribution in [1.82, 2.24) is 0 Å². The van der Waals surface area contributed by atoms with Crippen LogP contribution >= 0.6 is 15.9 Å². The molecule has 2 aromatic rings. The fourth-order valence-electron chi connectivity index (χ4n) is 1.30. The number of aromatic nitrogens is 1. The van der Waals surface area contributed by atoms with Gasteiger partial charge in [-0.15, -0.1) is 0 Å². The van der Waals surface area contributed by atoms with Gasteiger partial charge >= 0.3 is 0 Å². The number of nitrogens with zero attached hydrogens (tertiary/aromatic N) is 1. The number of rotatable bonds is 2. The van der Waals surface area contributed by atoms with E-state index in [-0.39, 0.29) is 0 Å². The van der Waals surface area contributed by atoms with Gasteiger partial charge in [-0.2, -0.15) is 0 Å². The number of hydrogen-bond donors (Lipinski definition) is 0. The molecule has 0 N–H and O–H groups in total. The van der Waals surface area contributed by atoms with Gasteiger partial charge in [0, 0.05) is 18.2 Å². The Bertz CT molecular complexity index is 488. The van der Waals surface area contributed by atoms with Crippen molar-refractivity contribution in [2.75, 3.05) is 0 Å². The van der Waals surface area contributed by atoms with Gasteiger partial charge in [0.1, 0.15) is 12.8 Å². The van der Waals surface area contributed by atoms with E-state index in [0.717, 1.165) is 16.1 Å². The van der Waals surface area contributed by atoms with Crippen LogP contribution in [0.1, 0.15) is 11.5 Å². The van der Waals surface area contributed by atoms with Crippen LogP contribution in [0, 0.1) is 0 Å². The molecular weight excluding hydrogens is 254 g/mol. The molecule has 0 unspecified atom stereocenters. The van der Waals surface area contributed by atoms with Crippen molar-refractivity contribution in [1.29, 1.82) is 0 Å². The number of halogens is 1. The molecule has 0 spiro atoms. The molecule has 2 heterocycles. The first-order chi connectivity index (χ1) is 7.25. The summed E-state index contributed by atoms with van der Waals surface area (Å²) in [7, 11) is 2.01. The molecule has 0 aliphatic heterocycles. The second-order valence-corrected chi connectivity index (χ2v) is 3.99. The normalized spacial score (nSPS) is 11.1. The molecule has 0 fully saturated rings. The van der Waals surface area contributed by atoms with E-state index in [9.17, 15) is 0 Å². The second-order valence-electron chi connectivity index (χ2n) is 3.21. The van der Waals surface area contributed by atoms with Gasteiger partial charge in [0.05, 0.1) is 0 Å². The van der Waals surface area contributed by atoms with Crippen molar-refractivity contribution >= 4 is 28.1 Å². The Kier molecular flexibility index (Phi) is 3.02. The first-order valence-electron chi connectivity index (χ1n) is 4.64. The van der Waals surface area contributed by atoms with Crippen LogP contribution in [-0.4, -0.2) is 0 Å². The van der Waals surface area contributed by atoms with Crippen LogP contribution in [0.25, 0.3) is 12.2 Å². The van der Waals surface area contributed by atoms with E-state index in [1.807, 2.05) is 49.7 Å².